The van der Waals surface area contributed by atoms with Crippen molar-refractivity contribution in [1.82, 2.24) is 10.0 Å². The van der Waals surface area contributed by atoms with Crippen LogP contribution in [0.4, 0.5) is 9.59 Å². The number of carbonyl (C=O) groups is 2. The molecule has 0 saturated carbocycles. The summed E-state index contributed by atoms with van der Waals surface area (Å²) < 4.78 is 9.63. The first kappa shape index (κ1) is 16.0. The maximum absolute atomic E-state index is 11.9. The molecule has 0 spiro atoms. The van der Waals surface area contributed by atoms with Gasteiger partial charge in [-0.05, 0) is 0 Å². The van der Waals surface area contributed by atoms with E-state index >= 15 is 0 Å². The minimum atomic E-state index is -1.09. The number of aliphatic hydroxyl groups excluding tert-OH is 2. The lowest BCUT2D eigenvalue weighted by Crippen LogP contribution is -2.50. The summed E-state index contributed by atoms with van der Waals surface area (Å²) in [6, 6.07) is -0.969. The molecule has 2 unspecified atom stereocenters. The van der Waals surface area contributed by atoms with Gasteiger partial charge in [-0.15, -0.1) is 0 Å². The van der Waals surface area contributed by atoms with Gasteiger partial charge in [0, 0.05) is 0 Å². The van der Waals surface area contributed by atoms with Crippen LogP contribution in [-0.4, -0.2) is 70.9 Å². The van der Waals surface area contributed by atoms with Gasteiger partial charge in [0.2, 0.25) is 0 Å². The molecule has 20 heavy (non-hydrogen) atoms. The number of carbonyl (C=O) groups excluding carboxylic acids is 2. The summed E-state index contributed by atoms with van der Waals surface area (Å²) in [6.45, 7) is 6.01. The highest BCUT2D eigenvalue weighted by molar-refractivity contribution is 5.75. The molecule has 1 aliphatic heterocycles. The number of nitrogens with zero attached hydrogens (tertiary/aromatic N) is 2. The average molecular weight is 286 g/mol. The first-order valence-corrected chi connectivity index (χ1v) is 5.97. The molecule has 1 rings (SSSR count). The van der Waals surface area contributed by atoms with Gasteiger partial charge in [0.1, 0.15) is 19.3 Å². The number of β-amino-alcohol motifs (C(OH)–C–C–N with tert-alkyl or cyclic N) is 1. The van der Waals surface area contributed by atoms with E-state index in [1.807, 2.05) is 0 Å². The number of amides is 2. The Morgan fingerprint density at radius 2 is 1.75 bits per heavy atom. The Morgan fingerprint density at radius 1 is 1.20 bits per heavy atom. The van der Waals surface area contributed by atoms with Crippen LogP contribution in [0.3, 0.4) is 0 Å². The third kappa shape index (κ3) is 3.49. The Kier molecular flexibility index (Phi) is 6.01. The van der Waals surface area contributed by atoms with E-state index in [0.717, 1.165) is 10.0 Å². The summed E-state index contributed by atoms with van der Waals surface area (Å²) in [5.41, 5.74) is 0. The lowest BCUT2D eigenvalue weighted by atomic mass is 10.2. The van der Waals surface area contributed by atoms with E-state index in [2.05, 4.69) is 13.2 Å². The summed E-state index contributed by atoms with van der Waals surface area (Å²) in [5.74, 6) is 0. The van der Waals surface area contributed by atoms with Gasteiger partial charge >= 0.3 is 12.2 Å². The molecular formula is C12H18N2O6. The molecular weight excluding hydrogens is 268 g/mol. The fourth-order valence-electron chi connectivity index (χ4n) is 1.73. The van der Waals surface area contributed by atoms with E-state index in [4.69, 9.17) is 9.47 Å². The molecule has 2 N–H and O–H groups in total. The van der Waals surface area contributed by atoms with E-state index in [0.29, 0.717) is 0 Å². The van der Waals surface area contributed by atoms with Crippen molar-refractivity contribution in [2.45, 2.75) is 12.1 Å². The van der Waals surface area contributed by atoms with Crippen LogP contribution in [0.1, 0.15) is 0 Å². The van der Waals surface area contributed by atoms with Crippen molar-refractivity contribution in [2.75, 3.05) is 26.4 Å². The van der Waals surface area contributed by atoms with E-state index < -0.39 is 30.9 Å². The van der Waals surface area contributed by atoms with E-state index in [1.165, 1.54) is 12.2 Å². The molecule has 0 bridgehead atoms. The standard InChI is InChI=1S/C12H18N2O6/c1-3-5-19-11(17)13-7-10(16)9(8-15)14(13)12(18)20-6-4-2/h3-4,9-10,15-16H,1-2,5-8H2. The maximum atomic E-state index is 11.9. The second kappa shape index (κ2) is 7.51. The molecule has 2 atom stereocenters. The van der Waals surface area contributed by atoms with Crippen molar-refractivity contribution in [2.24, 2.45) is 0 Å². The fourth-order valence-corrected chi connectivity index (χ4v) is 1.73. The Balaban J connectivity index is 2.84. The molecule has 0 radical (unpaired) electrons. The van der Waals surface area contributed by atoms with Gasteiger partial charge in [-0.1, -0.05) is 25.3 Å². The highest BCUT2D eigenvalue weighted by atomic mass is 16.6. The monoisotopic (exact) mass is 286 g/mol. The van der Waals surface area contributed by atoms with Crippen LogP contribution in [0.5, 0.6) is 0 Å². The van der Waals surface area contributed by atoms with Crippen molar-refractivity contribution in [1.29, 1.82) is 0 Å². The SMILES string of the molecule is C=CCOC(=O)N1CC(O)C(CO)N1C(=O)OCC=C. The first-order valence-electron chi connectivity index (χ1n) is 5.97. The highest BCUT2D eigenvalue weighted by Gasteiger charge is 2.45. The minimum absolute atomic E-state index is 0.0369. The van der Waals surface area contributed by atoms with Crippen LogP contribution in [0.15, 0.2) is 25.3 Å². The molecule has 1 heterocycles. The smallest absolute Gasteiger partial charge is 0.429 e. The van der Waals surface area contributed by atoms with E-state index in [-0.39, 0.29) is 19.8 Å². The van der Waals surface area contributed by atoms with E-state index in [1.54, 1.807) is 0 Å². The number of hydrogen-bond acceptors (Lipinski definition) is 6. The summed E-state index contributed by atoms with van der Waals surface area (Å²) in [5, 5.41) is 20.7. The largest absolute Gasteiger partial charge is 0.444 e. The Morgan fingerprint density at radius 3 is 2.25 bits per heavy atom. The Labute approximate surface area is 116 Å². The topological polar surface area (TPSA) is 99.5 Å². The fraction of sp³-hybridized carbons (Fsp3) is 0.500. The van der Waals surface area contributed by atoms with Crippen LogP contribution in [0.25, 0.3) is 0 Å². The van der Waals surface area contributed by atoms with Crippen LogP contribution in [0.2, 0.25) is 0 Å². The zero-order valence-corrected chi connectivity index (χ0v) is 11.0. The van der Waals surface area contributed by atoms with Crippen molar-refractivity contribution in [3.63, 3.8) is 0 Å². The van der Waals surface area contributed by atoms with Gasteiger partial charge in [-0.25, -0.2) is 19.6 Å². The molecule has 8 heteroatoms. The molecule has 0 aliphatic carbocycles. The quantitative estimate of drug-likeness (QED) is 0.684. The predicted octanol–water partition coefficient (Wildman–Crippen LogP) is -0.114. The Bertz CT molecular complexity index is 386. The van der Waals surface area contributed by atoms with Crippen LogP contribution in [-0.2, 0) is 9.47 Å². The molecule has 1 aliphatic rings. The third-order valence-corrected chi connectivity index (χ3v) is 2.61. The van der Waals surface area contributed by atoms with Crippen molar-refractivity contribution in [3.8, 4) is 0 Å². The molecule has 112 valence electrons. The van der Waals surface area contributed by atoms with Crippen LogP contribution >= 0.6 is 0 Å². The second-order valence-electron chi connectivity index (χ2n) is 3.98. The highest BCUT2D eigenvalue weighted by Crippen LogP contribution is 2.21. The Hall–Kier alpha value is -2.06. The van der Waals surface area contributed by atoms with Gasteiger partial charge in [0.15, 0.2) is 0 Å². The number of ether oxygens (including phenoxy) is 2. The van der Waals surface area contributed by atoms with Gasteiger partial charge < -0.3 is 19.7 Å². The number of rotatable bonds is 5. The maximum Gasteiger partial charge on any atom is 0.429 e. The molecule has 8 nitrogen and oxygen atoms in total. The van der Waals surface area contributed by atoms with Gasteiger partial charge in [-0.2, -0.15) is 0 Å². The molecule has 1 saturated heterocycles. The van der Waals surface area contributed by atoms with Crippen molar-refractivity contribution >= 4 is 12.2 Å². The normalized spacial score (nSPS) is 21.5. The molecule has 2 amide bonds. The number of aliphatic hydroxyl groups is 2. The van der Waals surface area contributed by atoms with Gasteiger partial charge in [0.05, 0.1) is 19.3 Å². The van der Waals surface area contributed by atoms with Crippen molar-refractivity contribution < 1.29 is 29.3 Å². The summed E-state index contributed by atoms with van der Waals surface area (Å²) in [6.07, 6.45) is -0.0772. The third-order valence-electron chi connectivity index (χ3n) is 2.61. The van der Waals surface area contributed by atoms with Gasteiger partial charge in [0.25, 0.3) is 0 Å². The zero-order chi connectivity index (χ0) is 15.1. The average Bonchev–Trinajstić information content (AvgIpc) is 2.78. The lowest BCUT2D eigenvalue weighted by molar-refractivity contribution is -0.0172. The summed E-state index contributed by atoms with van der Waals surface area (Å²) in [4.78, 5) is 23.7. The minimum Gasteiger partial charge on any atom is -0.444 e. The zero-order valence-electron chi connectivity index (χ0n) is 11.0. The number of hydrogen-bond donors (Lipinski definition) is 2. The predicted molar refractivity (Wildman–Crippen MR) is 68.5 cm³/mol. The van der Waals surface area contributed by atoms with Crippen molar-refractivity contribution in [3.05, 3.63) is 25.3 Å². The van der Waals surface area contributed by atoms with E-state index in [9.17, 15) is 19.8 Å². The molecule has 0 aromatic heterocycles. The van der Waals surface area contributed by atoms with Crippen LogP contribution < -0.4 is 0 Å². The molecule has 0 aromatic carbocycles. The van der Waals surface area contributed by atoms with Crippen LogP contribution in [0, 0.1) is 0 Å². The molecule has 1 fully saturated rings. The first-order chi connectivity index (χ1) is 9.56. The second-order valence-corrected chi connectivity index (χ2v) is 3.98. The lowest BCUT2D eigenvalue weighted by Gasteiger charge is -2.29. The summed E-state index contributed by atoms with van der Waals surface area (Å²) >= 11 is 0. The summed E-state index contributed by atoms with van der Waals surface area (Å²) in [7, 11) is 0. The molecule has 0 aromatic rings. The van der Waals surface area contributed by atoms with Gasteiger partial charge in [-0.3, -0.25) is 0 Å². The number of hydrazine groups is 1.